The number of hydrogen-bond acceptors (Lipinski definition) is 6. The number of rotatable bonds is 6. The van der Waals surface area contributed by atoms with Gasteiger partial charge in [-0.3, -0.25) is 4.90 Å². The van der Waals surface area contributed by atoms with Crippen molar-refractivity contribution in [3.63, 3.8) is 0 Å². The highest BCUT2D eigenvalue weighted by Crippen LogP contribution is 2.26. The Morgan fingerprint density at radius 3 is 2.81 bits per heavy atom. The van der Waals surface area contributed by atoms with Crippen molar-refractivity contribution in [1.82, 2.24) is 15.4 Å². The lowest BCUT2D eigenvalue weighted by molar-refractivity contribution is 0.0331. The largest absolute Gasteiger partial charge is 0.497 e. The molecule has 2 aliphatic rings. The molecule has 2 aromatic rings. The van der Waals surface area contributed by atoms with Crippen LogP contribution in [0, 0.1) is 0 Å². The van der Waals surface area contributed by atoms with Crippen molar-refractivity contribution < 1.29 is 14.0 Å². The summed E-state index contributed by atoms with van der Waals surface area (Å²) in [6.45, 7) is 5.31. The highest BCUT2D eigenvalue weighted by molar-refractivity contribution is 5.28. The van der Waals surface area contributed by atoms with Crippen LogP contribution < -0.4 is 10.1 Å². The second kappa shape index (κ2) is 8.20. The minimum Gasteiger partial charge on any atom is -0.497 e. The molecular formula is C20H27N3O3. The predicted molar refractivity (Wildman–Crippen MR) is 98.2 cm³/mol. The van der Waals surface area contributed by atoms with Crippen molar-refractivity contribution in [2.75, 3.05) is 33.4 Å². The Morgan fingerprint density at radius 1 is 1.23 bits per heavy atom. The van der Waals surface area contributed by atoms with E-state index in [-0.39, 0.29) is 0 Å². The number of fused-ring (bicyclic) bond motifs is 1. The minimum absolute atomic E-state index is 0.465. The summed E-state index contributed by atoms with van der Waals surface area (Å²) in [4.78, 5) is 2.40. The first-order chi connectivity index (χ1) is 12.8. The van der Waals surface area contributed by atoms with Crippen molar-refractivity contribution in [1.29, 1.82) is 0 Å². The smallest absolute Gasteiger partial charge is 0.140 e. The lowest BCUT2D eigenvalue weighted by atomic mass is 9.91. The Hall–Kier alpha value is -1.89. The highest BCUT2D eigenvalue weighted by atomic mass is 16.5. The van der Waals surface area contributed by atoms with Gasteiger partial charge in [0.1, 0.15) is 17.2 Å². The molecule has 26 heavy (non-hydrogen) atoms. The average Bonchev–Trinajstić information content (AvgIpc) is 3.10. The van der Waals surface area contributed by atoms with Gasteiger partial charge in [0.2, 0.25) is 0 Å². The SMILES string of the molecule is COc1ccc(CNC2CCc3onc(CN4CCOCC4)c3C2)cc1. The van der Waals surface area contributed by atoms with E-state index in [4.69, 9.17) is 14.0 Å². The minimum atomic E-state index is 0.465. The molecule has 140 valence electrons. The van der Waals surface area contributed by atoms with Crippen molar-refractivity contribution in [3.8, 4) is 5.75 Å². The zero-order chi connectivity index (χ0) is 17.8. The molecule has 0 bridgehead atoms. The molecular weight excluding hydrogens is 330 g/mol. The van der Waals surface area contributed by atoms with E-state index >= 15 is 0 Å². The van der Waals surface area contributed by atoms with Crippen LogP contribution in [0.1, 0.15) is 29.0 Å². The predicted octanol–water partition coefficient (Wildman–Crippen LogP) is 2.16. The number of hydrogen-bond donors (Lipinski definition) is 1. The number of aryl methyl sites for hydroxylation is 1. The number of methoxy groups -OCH3 is 1. The summed E-state index contributed by atoms with van der Waals surface area (Å²) in [7, 11) is 1.69. The Morgan fingerprint density at radius 2 is 2.04 bits per heavy atom. The molecule has 1 N–H and O–H groups in total. The Bertz CT molecular complexity index is 708. The molecule has 0 saturated carbocycles. The molecule has 1 unspecified atom stereocenters. The molecule has 1 aromatic heterocycles. The van der Waals surface area contributed by atoms with E-state index in [1.807, 2.05) is 12.1 Å². The Labute approximate surface area is 154 Å². The normalized spacial score (nSPS) is 20.7. The number of nitrogens with one attached hydrogen (secondary N) is 1. The number of morpholine rings is 1. The van der Waals surface area contributed by atoms with Crippen LogP contribution in [-0.4, -0.2) is 49.5 Å². The van der Waals surface area contributed by atoms with Gasteiger partial charge < -0.3 is 19.3 Å². The zero-order valence-electron chi connectivity index (χ0n) is 15.4. The molecule has 1 atom stereocenters. The third kappa shape index (κ3) is 4.09. The van der Waals surface area contributed by atoms with Gasteiger partial charge in [0.25, 0.3) is 0 Å². The Kier molecular flexibility index (Phi) is 5.53. The summed E-state index contributed by atoms with van der Waals surface area (Å²) in [5, 5.41) is 8.06. The number of ether oxygens (including phenoxy) is 2. The van der Waals surface area contributed by atoms with E-state index < -0.39 is 0 Å². The number of benzene rings is 1. The fraction of sp³-hybridized carbons (Fsp3) is 0.550. The first-order valence-corrected chi connectivity index (χ1v) is 9.44. The summed E-state index contributed by atoms with van der Waals surface area (Å²) in [5.74, 6) is 1.98. The molecule has 1 saturated heterocycles. The molecule has 0 amide bonds. The van der Waals surface area contributed by atoms with E-state index in [0.717, 1.165) is 75.9 Å². The van der Waals surface area contributed by atoms with Crippen LogP contribution in [0.4, 0.5) is 0 Å². The lowest BCUT2D eigenvalue weighted by Crippen LogP contribution is -2.37. The van der Waals surface area contributed by atoms with E-state index in [0.29, 0.717) is 6.04 Å². The van der Waals surface area contributed by atoms with Crippen molar-refractivity contribution in [3.05, 3.63) is 46.8 Å². The summed E-state index contributed by atoms with van der Waals surface area (Å²) in [6.07, 6.45) is 3.05. The Balaban J connectivity index is 1.35. The first-order valence-electron chi connectivity index (χ1n) is 9.44. The molecule has 6 nitrogen and oxygen atoms in total. The van der Waals surface area contributed by atoms with Gasteiger partial charge in [-0.2, -0.15) is 0 Å². The molecule has 1 aromatic carbocycles. The molecule has 2 heterocycles. The molecule has 1 aliphatic carbocycles. The summed E-state index contributed by atoms with van der Waals surface area (Å²) in [6, 6.07) is 8.71. The number of nitrogens with zero attached hydrogens (tertiary/aromatic N) is 2. The fourth-order valence-corrected chi connectivity index (χ4v) is 3.74. The molecule has 0 radical (unpaired) electrons. The van der Waals surface area contributed by atoms with Gasteiger partial charge in [0, 0.05) is 44.2 Å². The van der Waals surface area contributed by atoms with Gasteiger partial charge in [-0.25, -0.2) is 0 Å². The van der Waals surface area contributed by atoms with Crippen molar-refractivity contribution >= 4 is 0 Å². The fourth-order valence-electron chi connectivity index (χ4n) is 3.74. The standard InChI is InChI=1S/C20H27N3O3/c1-24-17-5-2-15(3-6-17)13-21-16-4-7-20-18(12-16)19(22-26-20)14-23-8-10-25-11-9-23/h2-3,5-6,16,21H,4,7-14H2,1H3. The summed E-state index contributed by atoms with van der Waals surface area (Å²) in [5.41, 5.74) is 3.70. The summed E-state index contributed by atoms with van der Waals surface area (Å²) >= 11 is 0. The van der Waals surface area contributed by atoms with E-state index in [1.165, 1.54) is 11.1 Å². The van der Waals surface area contributed by atoms with Crippen LogP contribution >= 0.6 is 0 Å². The average molecular weight is 357 g/mol. The molecule has 6 heteroatoms. The summed E-state index contributed by atoms with van der Waals surface area (Å²) < 4.78 is 16.3. The number of aromatic nitrogens is 1. The van der Waals surface area contributed by atoms with Crippen LogP contribution in [0.5, 0.6) is 5.75 Å². The maximum absolute atomic E-state index is 5.62. The van der Waals surface area contributed by atoms with Gasteiger partial charge in [-0.05, 0) is 30.5 Å². The van der Waals surface area contributed by atoms with Gasteiger partial charge >= 0.3 is 0 Å². The van der Waals surface area contributed by atoms with Crippen LogP contribution in [0.3, 0.4) is 0 Å². The zero-order valence-corrected chi connectivity index (χ0v) is 15.4. The lowest BCUT2D eigenvalue weighted by Gasteiger charge is -2.27. The molecule has 4 rings (SSSR count). The van der Waals surface area contributed by atoms with Crippen molar-refractivity contribution in [2.45, 2.75) is 38.4 Å². The molecule has 1 fully saturated rings. The van der Waals surface area contributed by atoms with Crippen LogP contribution in [-0.2, 0) is 30.7 Å². The maximum atomic E-state index is 5.62. The topological polar surface area (TPSA) is 59.8 Å². The first kappa shape index (κ1) is 17.5. The van der Waals surface area contributed by atoms with Crippen LogP contribution in [0.2, 0.25) is 0 Å². The van der Waals surface area contributed by atoms with Gasteiger partial charge in [-0.15, -0.1) is 0 Å². The van der Waals surface area contributed by atoms with Crippen molar-refractivity contribution in [2.24, 2.45) is 0 Å². The highest BCUT2D eigenvalue weighted by Gasteiger charge is 2.26. The second-order valence-electron chi connectivity index (χ2n) is 7.09. The molecule has 0 spiro atoms. The second-order valence-corrected chi connectivity index (χ2v) is 7.09. The van der Waals surface area contributed by atoms with Gasteiger partial charge in [0.05, 0.1) is 20.3 Å². The third-order valence-corrected chi connectivity index (χ3v) is 5.35. The van der Waals surface area contributed by atoms with Crippen LogP contribution in [0.25, 0.3) is 0 Å². The van der Waals surface area contributed by atoms with Crippen LogP contribution in [0.15, 0.2) is 28.8 Å². The maximum Gasteiger partial charge on any atom is 0.140 e. The quantitative estimate of drug-likeness (QED) is 0.855. The van der Waals surface area contributed by atoms with Gasteiger partial charge in [0.15, 0.2) is 0 Å². The monoisotopic (exact) mass is 357 g/mol. The van der Waals surface area contributed by atoms with E-state index in [9.17, 15) is 0 Å². The van der Waals surface area contributed by atoms with E-state index in [2.05, 4.69) is 27.5 Å². The molecule has 1 aliphatic heterocycles. The van der Waals surface area contributed by atoms with Gasteiger partial charge in [-0.1, -0.05) is 17.3 Å². The third-order valence-electron chi connectivity index (χ3n) is 5.35. The van der Waals surface area contributed by atoms with E-state index in [1.54, 1.807) is 7.11 Å².